The van der Waals surface area contributed by atoms with Crippen LogP contribution in [0.25, 0.3) is 0 Å². The number of aromatic nitrogens is 1. The van der Waals surface area contributed by atoms with Crippen molar-refractivity contribution in [2.24, 2.45) is 0 Å². The molecule has 0 unspecified atom stereocenters. The summed E-state index contributed by atoms with van der Waals surface area (Å²) in [5, 5.41) is 9.12. The van der Waals surface area contributed by atoms with Gasteiger partial charge in [0, 0.05) is 19.3 Å². The lowest BCUT2D eigenvalue weighted by Crippen LogP contribution is -2.19. The molecule has 1 aromatic heterocycles. The van der Waals surface area contributed by atoms with Gasteiger partial charge in [0.1, 0.15) is 0 Å². The highest BCUT2D eigenvalue weighted by molar-refractivity contribution is 5.86. The van der Waals surface area contributed by atoms with Crippen molar-refractivity contribution in [3.05, 3.63) is 65.0 Å². The molecule has 0 saturated carbocycles. The molecule has 0 bridgehead atoms. The van der Waals surface area contributed by atoms with Crippen LogP contribution in [0.4, 0.5) is 0 Å². The molecule has 2 aromatic rings. The summed E-state index contributed by atoms with van der Waals surface area (Å²) in [6.07, 6.45) is 1.51. The van der Waals surface area contributed by atoms with Crippen LogP contribution in [-0.2, 0) is 13.1 Å². The molecule has 1 aromatic carbocycles. The summed E-state index contributed by atoms with van der Waals surface area (Å²) in [4.78, 5) is 17.1. The zero-order valence-electron chi connectivity index (χ0n) is 11.7. The second kappa shape index (κ2) is 6.30. The smallest absolute Gasteiger partial charge is 0.354 e. The van der Waals surface area contributed by atoms with E-state index in [1.165, 1.54) is 17.3 Å². The Labute approximate surface area is 118 Å². The van der Waals surface area contributed by atoms with Gasteiger partial charge in [0.15, 0.2) is 5.69 Å². The third kappa shape index (κ3) is 3.65. The topological polar surface area (TPSA) is 53.4 Å². The molecule has 1 heterocycles. The maximum Gasteiger partial charge on any atom is 0.354 e. The van der Waals surface area contributed by atoms with E-state index in [2.05, 4.69) is 41.1 Å². The molecule has 1 N–H and O–H groups in total. The summed E-state index contributed by atoms with van der Waals surface area (Å²) in [6, 6.07) is 11.9. The summed E-state index contributed by atoms with van der Waals surface area (Å²) in [5.74, 6) is -0.982. The summed E-state index contributed by atoms with van der Waals surface area (Å²) >= 11 is 0. The van der Waals surface area contributed by atoms with Crippen LogP contribution < -0.4 is 0 Å². The Balaban J connectivity index is 2.06. The highest BCUT2D eigenvalue weighted by atomic mass is 16.4. The maximum absolute atomic E-state index is 11.1. The molecule has 0 amide bonds. The second-order valence-corrected chi connectivity index (χ2v) is 4.97. The summed E-state index contributed by atoms with van der Waals surface area (Å²) in [7, 11) is 1.97. The van der Waals surface area contributed by atoms with Crippen molar-refractivity contribution in [1.82, 2.24) is 9.88 Å². The first-order valence-electron chi connectivity index (χ1n) is 6.47. The van der Waals surface area contributed by atoms with E-state index in [9.17, 15) is 4.79 Å². The first kappa shape index (κ1) is 14.2. The fourth-order valence-electron chi connectivity index (χ4n) is 2.11. The van der Waals surface area contributed by atoms with Gasteiger partial charge in [-0.05, 0) is 31.2 Å². The van der Waals surface area contributed by atoms with Crippen LogP contribution >= 0.6 is 0 Å². The molecule has 0 fully saturated rings. The van der Waals surface area contributed by atoms with Gasteiger partial charge in [-0.15, -0.1) is 0 Å². The number of aryl methyl sites for hydroxylation is 1. The average molecular weight is 270 g/mol. The molecule has 0 spiro atoms. The van der Waals surface area contributed by atoms with Crippen LogP contribution in [0.2, 0.25) is 0 Å². The van der Waals surface area contributed by atoms with Gasteiger partial charge in [-0.25, -0.2) is 9.78 Å². The molecule has 0 aliphatic rings. The molecular weight excluding hydrogens is 252 g/mol. The minimum Gasteiger partial charge on any atom is -0.477 e. The van der Waals surface area contributed by atoms with Crippen molar-refractivity contribution in [1.29, 1.82) is 0 Å². The monoisotopic (exact) mass is 270 g/mol. The molecule has 0 saturated heterocycles. The lowest BCUT2D eigenvalue weighted by atomic mass is 10.1. The van der Waals surface area contributed by atoms with Crippen LogP contribution in [0, 0.1) is 6.92 Å². The largest absolute Gasteiger partial charge is 0.477 e. The molecule has 0 atom stereocenters. The molecule has 4 nitrogen and oxygen atoms in total. The van der Waals surface area contributed by atoms with Crippen LogP contribution in [0.15, 0.2) is 42.6 Å². The molecule has 4 heteroatoms. The average Bonchev–Trinajstić information content (AvgIpc) is 2.41. The number of carboxylic acid groups (broad SMARTS) is 1. The van der Waals surface area contributed by atoms with Gasteiger partial charge < -0.3 is 5.11 Å². The van der Waals surface area contributed by atoms with E-state index in [1.807, 2.05) is 13.1 Å². The first-order valence-corrected chi connectivity index (χ1v) is 6.47. The van der Waals surface area contributed by atoms with E-state index in [0.717, 1.165) is 12.1 Å². The quantitative estimate of drug-likeness (QED) is 0.907. The minimum atomic E-state index is -0.982. The van der Waals surface area contributed by atoms with Gasteiger partial charge in [-0.2, -0.15) is 0 Å². The zero-order chi connectivity index (χ0) is 14.5. The van der Waals surface area contributed by atoms with Crippen molar-refractivity contribution in [2.45, 2.75) is 20.0 Å². The van der Waals surface area contributed by atoms with Gasteiger partial charge in [-0.1, -0.05) is 35.9 Å². The molecule has 0 radical (unpaired) electrons. The Morgan fingerprint density at radius 3 is 2.55 bits per heavy atom. The van der Waals surface area contributed by atoms with Crippen molar-refractivity contribution >= 4 is 5.97 Å². The molecule has 20 heavy (non-hydrogen) atoms. The normalized spacial score (nSPS) is 10.8. The van der Waals surface area contributed by atoms with Crippen LogP contribution in [0.1, 0.15) is 27.2 Å². The second-order valence-electron chi connectivity index (χ2n) is 4.97. The van der Waals surface area contributed by atoms with E-state index in [-0.39, 0.29) is 5.69 Å². The van der Waals surface area contributed by atoms with E-state index in [4.69, 9.17) is 5.11 Å². The molecule has 0 aliphatic carbocycles. The molecule has 0 aliphatic heterocycles. The van der Waals surface area contributed by atoms with Gasteiger partial charge in [0.25, 0.3) is 0 Å². The van der Waals surface area contributed by atoms with Crippen LogP contribution in [-0.4, -0.2) is 28.0 Å². The number of hydrogen-bond acceptors (Lipinski definition) is 3. The van der Waals surface area contributed by atoms with Crippen molar-refractivity contribution in [3.63, 3.8) is 0 Å². The standard InChI is InChI=1S/C16H18N2O2/c1-12-5-7-13(8-6-12)10-18(2)11-14-4-3-9-17-15(14)16(19)20/h3-9H,10-11H2,1-2H3,(H,19,20). The van der Waals surface area contributed by atoms with E-state index in [1.54, 1.807) is 6.07 Å². The Bertz CT molecular complexity index is 594. The minimum absolute atomic E-state index is 0.128. The third-order valence-electron chi connectivity index (χ3n) is 3.11. The Morgan fingerprint density at radius 1 is 1.20 bits per heavy atom. The SMILES string of the molecule is Cc1ccc(CN(C)Cc2cccnc2C(=O)O)cc1. The van der Waals surface area contributed by atoms with Gasteiger partial charge in [0.05, 0.1) is 0 Å². The summed E-state index contributed by atoms with van der Waals surface area (Å²) in [6.45, 7) is 3.39. The number of carboxylic acids is 1. The number of benzene rings is 1. The fraction of sp³-hybridized carbons (Fsp3) is 0.250. The predicted molar refractivity (Wildman–Crippen MR) is 77.5 cm³/mol. The number of pyridine rings is 1. The third-order valence-corrected chi connectivity index (χ3v) is 3.11. The lowest BCUT2D eigenvalue weighted by Gasteiger charge is -2.17. The summed E-state index contributed by atoms with van der Waals surface area (Å²) < 4.78 is 0. The van der Waals surface area contributed by atoms with Gasteiger partial charge in [-0.3, -0.25) is 4.90 Å². The van der Waals surface area contributed by atoms with Gasteiger partial charge in [0.2, 0.25) is 0 Å². The highest BCUT2D eigenvalue weighted by Gasteiger charge is 2.12. The Hall–Kier alpha value is -2.20. The number of rotatable bonds is 5. The summed E-state index contributed by atoms with van der Waals surface area (Å²) in [5.41, 5.74) is 3.30. The number of hydrogen-bond donors (Lipinski definition) is 1. The van der Waals surface area contributed by atoms with Crippen molar-refractivity contribution < 1.29 is 9.90 Å². The zero-order valence-corrected chi connectivity index (χ0v) is 11.7. The van der Waals surface area contributed by atoms with Crippen molar-refractivity contribution in [2.75, 3.05) is 7.05 Å². The van der Waals surface area contributed by atoms with E-state index < -0.39 is 5.97 Å². The lowest BCUT2D eigenvalue weighted by molar-refractivity contribution is 0.0688. The van der Waals surface area contributed by atoms with E-state index in [0.29, 0.717) is 6.54 Å². The van der Waals surface area contributed by atoms with Gasteiger partial charge >= 0.3 is 5.97 Å². The molecule has 2 rings (SSSR count). The molecular formula is C16H18N2O2. The number of carbonyl (C=O) groups is 1. The number of nitrogens with zero attached hydrogens (tertiary/aromatic N) is 2. The van der Waals surface area contributed by atoms with Crippen molar-refractivity contribution in [3.8, 4) is 0 Å². The van der Waals surface area contributed by atoms with E-state index >= 15 is 0 Å². The predicted octanol–water partition coefficient (Wildman–Crippen LogP) is 2.72. The molecule has 104 valence electrons. The Kier molecular flexibility index (Phi) is 4.48. The Morgan fingerprint density at radius 2 is 1.90 bits per heavy atom. The van der Waals surface area contributed by atoms with Crippen LogP contribution in [0.3, 0.4) is 0 Å². The fourth-order valence-corrected chi connectivity index (χ4v) is 2.11. The van der Waals surface area contributed by atoms with Crippen LogP contribution in [0.5, 0.6) is 0 Å². The first-order chi connectivity index (χ1) is 9.56. The maximum atomic E-state index is 11.1. The number of aromatic carboxylic acids is 1. The highest BCUT2D eigenvalue weighted by Crippen LogP contribution is 2.11.